The second-order valence-corrected chi connectivity index (χ2v) is 3.44. The number of hydrogen-bond donors (Lipinski definition) is 1. The Morgan fingerprint density at radius 3 is 2.73 bits per heavy atom. The second-order valence-electron chi connectivity index (χ2n) is 3.44. The van der Waals surface area contributed by atoms with Gasteiger partial charge in [0.15, 0.2) is 0 Å². The third kappa shape index (κ3) is 2.87. The molecule has 4 heteroatoms. The number of hydrogen-bond acceptors (Lipinski definition) is 2. The molecular weight excluding hydrogens is 199 g/mol. The lowest BCUT2D eigenvalue weighted by Gasteiger charge is -2.05. The van der Waals surface area contributed by atoms with Crippen molar-refractivity contribution in [1.29, 1.82) is 0 Å². The number of benzene rings is 1. The lowest BCUT2D eigenvalue weighted by atomic mass is 10.0. The summed E-state index contributed by atoms with van der Waals surface area (Å²) in [7, 11) is 0. The first-order valence-corrected chi connectivity index (χ1v) is 4.51. The van der Waals surface area contributed by atoms with Crippen molar-refractivity contribution >= 4 is 12.3 Å². The maximum absolute atomic E-state index is 13.2. The van der Waals surface area contributed by atoms with E-state index in [-0.39, 0.29) is 11.5 Å². The minimum absolute atomic E-state index is 0.194. The predicted octanol–water partition coefficient (Wildman–Crippen LogP) is 1.90. The molecule has 0 radical (unpaired) electrons. The molecule has 0 aromatic heterocycles. The molecule has 0 aliphatic heterocycles. The van der Waals surface area contributed by atoms with Crippen molar-refractivity contribution in [2.45, 2.75) is 13.3 Å². The summed E-state index contributed by atoms with van der Waals surface area (Å²) in [5.41, 5.74) is 0.273. The summed E-state index contributed by atoms with van der Waals surface area (Å²) in [5.74, 6) is -2.25. The van der Waals surface area contributed by atoms with Crippen LogP contribution in [0.15, 0.2) is 18.2 Å². The van der Waals surface area contributed by atoms with Gasteiger partial charge in [-0.15, -0.1) is 0 Å². The Morgan fingerprint density at radius 2 is 2.27 bits per heavy atom. The summed E-state index contributed by atoms with van der Waals surface area (Å²) in [6.07, 6.45) is 1.20. The molecule has 0 bridgehead atoms. The Labute approximate surface area is 86.5 Å². The van der Waals surface area contributed by atoms with Crippen molar-refractivity contribution in [2.24, 2.45) is 5.92 Å². The van der Waals surface area contributed by atoms with E-state index < -0.39 is 11.8 Å². The van der Waals surface area contributed by atoms with Gasteiger partial charge in [0.05, 0.1) is 5.56 Å². The highest BCUT2D eigenvalue weighted by molar-refractivity contribution is 5.87. The molecule has 0 heterocycles. The summed E-state index contributed by atoms with van der Waals surface area (Å²) in [6.45, 7) is 1.72. The molecule has 0 aliphatic carbocycles. The summed E-state index contributed by atoms with van der Waals surface area (Å²) in [5, 5.41) is 8.59. The predicted molar refractivity (Wildman–Crippen MR) is 52.3 cm³/mol. The maximum atomic E-state index is 13.2. The number of aromatic carboxylic acids is 1. The van der Waals surface area contributed by atoms with Gasteiger partial charge in [-0.1, -0.05) is 13.0 Å². The average Bonchev–Trinajstić information content (AvgIpc) is 2.17. The van der Waals surface area contributed by atoms with Crippen LogP contribution >= 0.6 is 0 Å². The van der Waals surface area contributed by atoms with Crippen LogP contribution in [0.3, 0.4) is 0 Å². The largest absolute Gasteiger partial charge is 0.478 e. The fraction of sp³-hybridized carbons (Fsp3) is 0.273. The summed E-state index contributed by atoms with van der Waals surface area (Å²) in [6, 6.07) is 3.89. The SMILES string of the molecule is CC(C=O)Cc1ccc(C(=O)O)c(F)c1. The molecule has 0 fully saturated rings. The molecule has 1 aromatic rings. The molecule has 0 spiro atoms. The normalized spacial score (nSPS) is 12.1. The van der Waals surface area contributed by atoms with E-state index in [0.29, 0.717) is 12.0 Å². The minimum Gasteiger partial charge on any atom is -0.478 e. The van der Waals surface area contributed by atoms with Crippen LogP contribution in [0.1, 0.15) is 22.8 Å². The minimum atomic E-state index is -1.29. The average molecular weight is 210 g/mol. The van der Waals surface area contributed by atoms with Crippen molar-refractivity contribution in [2.75, 3.05) is 0 Å². The van der Waals surface area contributed by atoms with Gasteiger partial charge in [0, 0.05) is 5.92 Å². The fourth-order valence-corrected chi connectivity index (χ4v) is 1.28. The van der Waals surface area contributed by atoms with E-state index in [4.69, 9.17) is 5.11 Å². The number of halogens is 1. The summed E-state index contributed by atoms with van der Waals surface area (Å²) >= 11 is 0. The fourth-order valence-electron chi connectivity index (χ4n) is 1.28. The molecule has 1 aromatic carbocycles. The maximum Gasteiger partial charge on any atom is 0.338 e. The number of carbonyl (C=O) groups is 2. The summed E-state index contributed by atoms with van der Waals surface area (Å²) < 4.78 is 13.2. The van der Waals surface area contributed by atoms with Crippen molar-refractivity contribution in [3.05, 3.63) is 35.1 Å². The zero-order chi connectivity index (χ0) is 11.4. The Hall–Kier alpha value is -1.71. The molecular formula is C11H11FO3. The Morgan fingerprint density at radius 1 is 1.60 bits per heavy atom. The third-order valence-corrected chi connectivity index (χ3v) is 2.05. The van der Waals surface area contributed by atoms with E-state index in [9.17, 15) is 14.0 Å². The van der Waals surface area contributed by atoms with E-state index in [0.717, 1.165) is 12.4 Å². The van der Waals surface area contributed by atoms with Gasteiger partial charge in [-0.25, -0.2) is 9.18 Å². The van der Waals surface area contributed by atoms with Crippen LogP contribution in [-0.4, -0.2) is 17.4 Å². The van der Waals surface area contributed by atoms with Crippen LogP contribution in [0.25, 0.3) is 0 Å². The first-order valence-electron chi connectivity index (χ1n) is 4.51. The number of aldehydes is 1. The molecule has 1 atom stereocenters. The first kappa shape index (κ1) is 11.4. The number of carbonyl (C=O) groups excluding carboxylic acids is 1. The van der Waals surface area contributed by atoms with Crippen LogP contribution in [0.5, 0.6) is 0 Å². The van der Waals surface area contributed by atoms with Crippen molar-refractivity contribution in [3.63, 3.8) is 0 Å². The molecule has 3 nitrogen and oxygen atoms in total. The zero-order valence-electron chi connectivity index (χ0n) is 8.24. The van der Waals surface area contributed by atoms with Crippen LogP contribution in [-0.2, 0) is 11.2 Å². The molecule has 1 rings (SSSR count). The van der Waals surface area contributed by atoms with Gasteiger partial charge >= 0.3 is 5.97 Å². The molecule has 80 valence electrons. The second kappa shape index (κ2) is 4.68. The standard InChI is InChI=1S/C11H11FO3/c1-7(6-13)4-8-2-3-9(11(14)15)10(12)5-8/h2-3,5-7H,4H2,1H3,(H,14,15). The van der Waals surface area contributed by atoms with E-state index in [1.165, 1.54) is 12.1 Å². The molecule has 1 N–H and O–H groups in total. The number of carboxylic acids is 1. The van der Waals surface area contributed by atoms with Crippen molar-refractivity contribution in [3.8, 4) is 0 Å². The van der Waals surface area contributed by atoms with E-state index in [1.54, 1.807) is 6.92 Å². The molecule has 0 saturated heterocycles. The Balaban J connectivity index is 2.91. The van der Waals surface area contributed by atoms with Gasteiger partial charge < -0.3 is 9.90 Å². The highest BCUT2D eigenvalue weighted by Crippen LogP contribution is 2.13. The highest BCUT2D eigenvalue weighted by atomic mass is 19.1. The first-order chi connectivity index (χ1) is 7.04. The van der Waals surface area contributed by atoms with Crippen LogP contribution in [0.4, 0.5) is 4.39 Å². The van der Waals surface area contributed by atoms with Crippen LogP contribution in [0.2, 0.25) is 0 Å². The van der Waals surface area contributed by atoms with Gasteiger partial charge in [-0.2, -0.15) is 0 Å². The van der Waals surface area contributed by atoms with E-state index in [1.807, 2.05) is 0 Å². The van der Waals surface area contributed by atoms with Gasteiger partial charge in [0.25, 0.3) is 0 Å². The molecule has 0 saturated carbocycles. The lowest BCUT2D eigenvalue weighted by molar-refractivity contribution is -0.110. The van der Waals surface area contributed by atoms with Crippen molar-refractivity contribution in [1.82, 2.24) is 0 Å². The van der Waals surface area contributed by atoms with Crippen LogP contribution < -0.4 is 0 Å². The van der Waals surface area contributed by atoms with Crippen molar-refractivity contribution < 1.29 is 19.1 Å². The smallest absolute Gasteiger partial charge is 0.338 e. The monoisotopic (exact) mass is 210 g/mol. The van der Waals surface area contributed by atoms with Gasteiger partial charge in [-0.3, -0.25) is 0 Å². The Kier molecular flexibility index (Phi) is 3.55. The van der Waals surface area contributed by atoms with E-state index >= 15 is 0 Å². The number of carboxylic acid groups (broad SMARTS) is 1. The molecule has 1 unspecified atom stereocenters. The topological polar surface area (TPSA) is 54.4 Å². The summed E-state index contributed by atoms with van der Waals surface area (Å²) in [4.78, 5) is 20.9. The lowest BCUT2D eigenvalue weighted by Crippen LogP contribution is -2.04. The zero-order valence-corrected chi connectivity index (χ0v) is 8.24. The third-order valence-electron chi connectivity index (χ3n) is 2.05. The van der Waals surface area contributed by atoms with Gasteiger partial charge in [0.1, 0.15) is 12.1 Å². The molecule has 15 heavy (non-hydrogen) atoms. The highest BCUT2D eigenvalue weighted by Gasteiger charge is 2.11. The van der Waals surface area contributed by atoms with E-state index in [2.05, 4.69) is 0 Å². The van der Waals surface area contributed by atoms with Gasteiger partial charge in [0.2, 0.25) is 0 Å². The molecule has 0 amide bonds. The quantitative estimate of drug-likeness (QED) is 0.772. The Bertz CT molecular complexity index is 387. The van der Waals surface area contributed by atoms with Crippen LogP contribution in [0, 0.1) is 11.7 Å². The molecule has 0 aliphatic rings. The van der Waals surface area contributed by atoms with Gasteiger partial charge in [-0.05, 0) is 24.1 Å². The number of rotatable bonds is 4.